The van der Waals surface area contributed by atoms with Crippen molar-refractivity contribution in [2.24, 2.45) is 5.73 Å². The van der Waals surface area contributed by atoms with E-state index >= 15 is 0 Å². The van der Waals surface area contributed by atoms with E-state index in [1.54, 1.807) is 7.05 Å². The predicted octanol–water partition coefficient (Wildman–Crippen LogP) is 2.33. The van der Waals surface area contributed by atoms with Crippen molar-refractivity contribution in [3.05, 3.63) is 35.4 Å². The normalized spacial score (nSPS) is 24.7. The molecular formula is C13H15F3N2O. The second-order valence-electron chi connectivity index (χ2n) is 4.77. The highest BCUT2D eigenvalue weighted by atomic mass is 19.4. The van der Waals surface area contributed by atoms with Crippen LogP contribution in [-0.4, -0.2) is 23.9 Å². The molecule has 2 atom stereocenters. The highest BCUT2D eigenvalue weighted by molar-refractivity contribution is 5.77. The quantitative estimate of drug-likeness (QED) is 0.852. The molecule has 2 N–H and O–H groups in total. The number of amides is 1. The molecule has 1 fully saturated rings. The van der Waals surface area contributed by atoms with Gasteiger partial charge in [-0.3, -0.25) is 4.79 Å². The van der Waals surface area contributed by atoms with E-state index in [2.05, 4.69) is 0 Å². The number of hydrogen-bond acceptors (Lipinski definition) is 2. The van der Waals surface area contributed by atoms with Gasteiger partial charge in [0.15, 0.2) is 0 Å². The number of carbonyl (C=O) groups excluding carboxylic acids is 1. The van der Waals surface area contributed by atoms with Crippen LogP contribution in [-0.2, 0) is 11.0 Å². The molecule has 1 aromatic carbocycles. The summed E-state index contributed by atoms with van der Waals surface area (Å²) in [7, 11) is 1.63. The van der Waals surface area contributed by atoms with Crippen LogP contribution in [0.15, 0.2) is 24.3 Å². The zero-order chi connectivity index (χ0) is 14.2. The Bertz CT molecular complexity index is 470. The second-order valence-corrected chi connectivity index (χ2v) is 4.77. The van der Waals surface area contributed by atoms with Crippen LogP contribution in [0.1, 0.15) is 30.0 Å². The van der Waals surface area contributed by atoms with Gasteiger partial charge in [0.2, 0.25) is 5.91 Å². The summed E-state index contributed by atoms with van der Waals surface area (Å²) in [4.78, 5) is 13.2. The summed E-state index contributed by atoms with van der Waals surface area (Å²) in [5.74, 6) is -0.0356. The second kappa shape index (κ2) is 4.85. The molecule has 0 aliphatic carbocycles. The maximum atomic E-state index is 12.5. The molecule has 1 aliphatic heterocycles. The zero-order valence-electron chi connectivity index (χ0n) is 10.4. The fourth-order valence-corrected chi connectivity index (χ4v) is 2.41. The third kappa shape index (κ3) is 2.73. The Kier molecular flexibility index (Phi) is 3.54. The molecule has 0 saturated carbocycles. The van der Waals surface area contributed by atoms with Crippen molar-refractivity contribution in [2.75, 3.05) is 7.05 Å². The van der Waals surface area contributed by atoms with Crippen LogP contribution in [0.3, 0.4) is 0 Å². The van der Waals surface area contributed by atoms with E-state index in [-0.39, 0.29) is 18.0 Å². The fourth-order valence-electron chi connectivity index (χ4n) is 2.41. The SMILES string of the molecule is CN1C(=O)CCC(N)C1c1ccc(C(F)(F)F)cc1. The highest BCUT2D eigenvalue weighted by Crippen LogP contribution is 2.33. The third-order valence-corrected chi connectivity index (χ3v) is 3.49. The van der Waals surface area contributed by atoms with Gasteiger partial charge < -0.3 is 10.6 Å². The molecule has 2 rings (SSSR count). The van der Waals surface area contributed by atoms with Crippen molar-refractivity contribution >= 4 is 5.91 Å². The first kappa shape index (κ1) is 13.9. The number of nitrogens with zero attached hydrogens (tertiary/aromatic N) is 1. The van der Waals surface area contributed by atoms with Crippen LogP contribution < -0.4 is 5.73 Å². The molecule has 0 radical (unpaired) electrons. The van der Waals surface area contributed by atoms with Crippen molar-refractivity contribution < 1.29 is 18.0 Å². The summed E-state index contributed by atoms with van der Waals surface area (Å²) in [5.41, 5.74) is 5.91. The molecule has 0 spiro atoms. The third-order valence-electron chi connectivity index (χ3n) is 3.49. The highest BCUT2D eigenvalue weighted by Gasteiger charge is 2.34. The average molecular weight is 272 g/mol. The van der Waals surface area contributed by atoms with Crippen molar-refractivity contribution in [2.45, 2.75) is 31.1 Å². The minimum absolute atomic E-state index is 0.0356. The molecule has 104 valence electrons. The molecule has 1 amide bonds. The minimum atomic E-state index is -4.35. The minimum Gasteiger partial charge on any atom is -0.337 e. The van der Waals surface area contributed by atoms with Crippen LogP contribution in [0.4, 0.5) is 13.2 Å². The monoisotopic (exact) mass is 272 g/mol. The van der Waals surface area contributed by atoms with Gasteiger partial charge in [-0.25, -0.2) is 0 Å². The number of nitrogens with two attached hydrogens (primary N) is 1. The molecule has 1 aromatic rings. The van der Waals surface area contributed by atoms with Crippen molar-refractivity contribution in [1.82, 2.24) is 4.90 Å². The first-order valence-corrected chi connectivity index (χ1v) is 5.99. The standard InChI is InChI=1S/C13H15F3N2O/c1-18-11(19)7-6-10(17)12(18)8-2-4-9(5-3-8)13(14,15)16/h2-5,10,12H,6-7,17H2,1H3. The number of benzene rings is 1. The topological polar surface area (TPSA) is 46.3 Å². The lowest BCUT2D eigenvalue weighted by atomic mass is 9.90. The smallest absolute Gasteiger partial charge is 0.337 e. The molecule has 1 saturated heterocycles. The van der Waals surface area contributed by atoms with Gasteiger partial charge in [-0.2, -0.15) is 13.2 Å². The Morgan fingerprint density at radius 2 is 1.84 bits per heavy atom. The predicted molar refractivity (Wildman–Crippen MR) is 64.2 cm³/mol. The van der Waals surface area contributed by atoms with Crippen LogP contribution in [0.25, 0.3) is 0 Å². The molecule has 0 aromatic heterocycles. The van der Waals surface area contributed by atoms with E-state index < -0.39 is 11.7 Å². The van der Waals surface area contributed by atoms with Crippen LogP contribution >= 0.6 is 0 Å². The van der Waals surface area contributed by atoms with Crippen LogP contribution in [0, 0.1) is 0 Å². The summed E-state index contributed by atoms with van der Waals surface area (Å²) in [6.07, 6.45) is -3.42. The number of hydrogen-bond donors (Lipinski definition) is 1. The Hall–Kier alpha value is -1.56. The molecule has 1 heterocycles. The van der Waals surface area contributed by atoms with E-state index in [4.69, 9.17) is 5.73 Å². The van der Waals surface area contributed by atoms with E-state index in [0.29, 0.717) is 18.4 Å². The van der Waals surface area contributed by atoms with Crippen molar-refractivity contribution in [3.63, 3.8) is 0 Å². The number of carbonyl (C=O) groups is 1. The summed E-state index contributed by atoms with van der Waals surface area (Å²) < 4.78 is 37.5. The lowest BCUT2D eigenvalue weighted by molar-refractivity contribution is -0.138. The summed E-state index contributed by atoms with van der Waals surface area (Å²) in [6, 6.07) is 4.22. The number of likely N-dealkylation sites (N-methyl/N-ethyl adjacent to an activating group) is 1. The van der Waals surface area contributed by atoms with E-state index in [0.717, 1.165) is 12.1 Å². The number of rotatable bonds is 1. The van der Waals surface area contributed by atoms with Gasteiger partial charge in [0, 0.05) is 19.5 Å². The number of halogens is 3. The first-order valence-electron chi connectivity index (χ1n) is 5.99. The van der Waals surface area contributed by atoms with E-state index in [1.807, 2.05) is 0 Å². The van der Waals surface area contributed by atoms with Gasteiger partial charge in [-0.1, -0.05) is 12.1 Å². The molecule has 2 unspecified atom stereocenters. The van der Waals surface area contributed by atoms with Gasteiger partial charge in [0.25, 0.3) is 0 Å². The number of likely N-dealkylation sites (tertiary alicyclic amines) is 1. The molecule has 3 nitrogen and oxygen atoms in total. The molecule has 6 heteroatoms. The summed E-state index contributed by atoms with van der Waals surface area (Å²) >= 11 is 0. The molecule has 19 heavy (non-hydrogen) atoms. The Labute approximate surface area is 109 Å². The van der Waals surface area contributed by atoms with Gasteiger partial charge in [0.05, 0.1) is 11.6 Å². The lowest BCUT2D eigenvalue weighted by Gasteiger charge is -2.37. The Morgan fingerprint density at radius 1 is 1.26 bits per heavy atom. The average Bonchev–Trinajstić information content (AvgIpc) is 2.34. The van der Waals surface area contributed by atoms with E-state index in [1.165, 1.54) is 17.0 Å². The van der Waals surface area contributed by atoms with Crippen molar-refractivity contribution in [3.8, 4) is 0 Å². The molecular weight excluding hydrogens is 257 g/mol. The van der Waals surface area contributed by atoms with Gasteiger partial charge in [-0.05, 0) is 24.1 Å². The van der Waals surface area contributed by atoms with Gasteiger partial charge >= 0.3 is 6.18 Å². The number of alkyl halides is 3. The number of piperidine rings is 1. The Morgan fingerprint density at radius 3 is 2.37 bits per heavy atom. The molecule has 1 aliphatic rings. The lowest BCUT2D eigenvalue weighted by Crippen LogP contribution is -2.46. The van der Waals surface area contributed by atoms with Crippen LogP contribution in [0.5, 0.6) is 0 Å². The van der Waals surface area contributed by atoms with Gasteiger partial charge in [0.1, 0.15) is 0 Å². The Balaban J connectivity index is 2.28. The zero-order valence-corrected chi connectivity index (χ0v) is 10.4. The van der Waals surface area contributed by atoms with E-state index in [9.17, 15) is 18.0 Å². The van der Waals surface area contributed by atoms with Gasteiger partial charge in [-0.15, -0.1) is 0 Å². The summed E-state index contributed by atoms with van der Waals surface area (Å²) in [6.45, 7) is 0. The first-order chi connectivity index (χ1) is 8.80. The maximum absolute atomic E-state index is 12.5. The molecule has 0 bridgehead atoms. The van der Waals surface area contributed by atoms with Crippen molar-refractivity contribution in [1.29, 1.82) is 0 Å². The maximum Gasteiger partial charge on any atom is 0.416 e. The largest absolute Gasteiger partial charge is 0.416 e. The summed E-state index contributed by atoms with van der Waals surface area (Å²) in [5, 5.41) is 0. The van der Waals surface area contributed by atoms with Crippen LogP contribution in [0.2, 0.25) is 0 Å². The fraction of sp³-hybridized carbons (Fsp3) is 0.462.